The molecule has 7 heteroatoms. The number of hydrogen-bond acceptors (Lipinski definition) is 7. The molecule has 0 saturated heterocycles. The Morgan fingerprint density at radius 2 is 0.920 bits per heavy atom. The van der Waals surface area contributed by atoms with Crippen LogP contribution in [0.5, 0.6) is 0 Å². The monoisotopic (exact) mass is 712 g/mol. The molecule has 0 aromatic carbocycles. The molecule has 0 radical (unpaired) electrons. The third-order valence-electron chi connectivity index (χ3n) is 9.53. The molecule has 0 aliphatic heterocycles. The Labute approximate surface area is 310 Å². The lowest BCUT2D eigenvalue weighted by Crippen LogP contribution is -2.29. The van der Waals surface area contributed by atoms with E-state index < -0.39 is 0 Å². The minimum atomic E-state index is -0.212. The van der Waals surface area contributed by atoms with Crippen molar-refractivity contribution >= 4 is 11.9 Å². The van der Waals surface area contributed by atoms with Gasteiger partial charge >= 0.3 is 11.9 Å². The number of unbranched alkanes of at least 4 members (excludes halogenated alkanes) is 21. The molecule has 0 aliphatic rings. The third kappa shape index (κ3) is 36.6. The van der Waals surface area contributed by atoms with Gasteiger partial charge in [-0.3, -0.25) is 9.59 Å². The van der Waals surface area contributed by atoms with Crippen molar-refractivity contribution in [3.05, 3.63) is 0 Å². The normalized spacial score (nSPS) is 12.1. The standard InChI is InChI=1S/C43H85NO6/c1-5-9-13-16-19-20-21-22-23-26-31-40(50-42(46)39-44-35-12-8-4)34-38-47-41(45)32-27-28-33-43(48-36-29-24-17-14-10-6-2)49-37-30-25-18-15-11-7-3/h40,43-44H,5-39H2,1-4H3. The Bertz CT molecular complexity index is 687. The average Bonchev–Trinajstić information content (AvgIpc) is 3.11. The Morgan fingerprint density at radius 3 is 1.44 bits per heavy atom. The van der Waals surface area contributed by atoms with Gasteiger partial charge in [-0.25, -0.2) is 0 Å². The van der Waals surface area contributed by atoms with Crippen LogP contribution in [0.1, 0.15) is 220 Å². The zero-order chi connectivity index (χ0) is 36.6. The van der Waals surface area contributed by atoms with Crippen LogP contribution >= 0.6 is 0 Å². The highest BCUT2D eigenvalue weighted by molar-refractivity contribution is 5.71. The molecule has 0 aliphatic carbocycles. The minimum absolute atomic E-state index is 0.173. The van der Waals surface area contributed by atoms with Crippen molar-refractivity contribution in [2.24, 2.45) is 0 Å². The fourth-order valence-corrected chi connectivity index (χ4v) is 6.21. The molecule has 0 aromatic heterocycles. The summed E-state index contributed by atoms with van der Waals surface area (Å²) in [6.07, 6.45) is 33.7. The van der Waals surface area contributed by atoms with Crippen molar-refractivity contribution in [2.75, 3.05) is 32.9 Å². The molecular formula is C43H85NO6. The van der Waals surface area contributed by atoms with Gasteiger partial charge in [0.2, 0.25) is 0 Å². The van der Waals surface area contributed by atoms with Gasteiger partial charge in [0.25, 0.3) is 0 Å². The van der Waals surface area contributed by atoms with E-state index in [2.05, 4.69) is 33.0 Å². The van der Waals surface area contributed by atoms with Gasteiger partial charge in [-0.1, -0.05) is 156 Å². The predicted molar refractivity (Wildman–Crippen MR) is 211 cm³/mol. The van der Waals surface area contributed by atoms with Crippen LogP contribution in [-0.2, 0) is 28.5 Å². The van der Waals surface area contributed by atoms with Gasteiger partial charge in [-0.2, -0.15) is 0 Å². The summed E-state index contributed by atoms with van der Waals surface area (Å²) in [7, 11) is 0. The summed E-state index contributed by atoms with van der Waals surface area (Å²) in [5, 5.41) is 3.18. The van der Waals surface area contributed by atoms with Crippen molar-refractivity contribution in [2.45, 2.75) is 233 Å². The van der Waals surface area contributed by atoms with Crippen LogP contribution < -0.4 is 5.32 Å². The van der Waals surface area contributed by atoms with Crippen molar-refractivity contribution in [3.63, 3.8) is 0 Å². The van der Waals surface area contributed by atoms with Gasteiger partial charge in [-0.05, 0) is 57.9 Å². The molecule has 0 spiro atoms. The predicted octanol–water partition coefficient (Wildman–Crippen LogP) is 12.2. The van der Waals surface area contributed by atoms with E-state index in [4.69, 9.17) is 18.9 Å². The van der Waals surface area contributed by atoms with Gasteiger partial charge in [-0.15, -0.1) is 0 Å². The van der Waals surface area contributed by atoms with Crippen LogP contribution in [0.2, 0.25) is 0 Å². The van der Waals surface area contributed by atoms with Crippen molar-refractivity contribution in [1.82, 2.24) is 5.32 Å². The van der Waals surface area contributed by atoms with Gasteiger partial charge in [0.05, 0.1) is 13.2 Å². The smallest absolute Gasteiger partial charge is 0.320 e. The number of rotatable bonds is 41. The Kier molecular flexibility index (Phi) is 39.6. The highest BCUT2D eigenvalue weighted by atomic mass is 16.7. The highest BCUT2D eigenvalue weighted by Gasteiger charge is 2.16. The molecule has 1 N–H and O–H groups in total. The topological polar surface area (TPSA) is 83.1 Å². The molecule has 0 aromatic rings. The lowest BCUT2D eigenvalue weighted by atomic mass is 10.0. The van der Waals surface area contributed by atoms with Crippen LogP contribution in [0.4, 0.5) is 0 Å². The van der Waals surface area contributed by atoms with Crippen LogP contribution in [0.25, 0.3) is 0 Å². The molecule has 0 heterocycles. The molecule has 1 unspecified atom stereocenters. The summed E-state index contributed by atoms with van der Waals surface area (Å²) in [6, 6.07) is 0. The molecule has 1 atom stereocenters. The molecule has 0 fully saturated rings. The van der Waals surface area contributed by atoms with E-state index in [9.17, 15) is 9.59 Å². The van der Waals surface area contributed by atoms with Crippen molar-refractivity contribution in [3.8, 4) is 0 Å². The zero-order valence-corrected chi connectivity index (χ0v) is 33.9. The van der Waals surface area contributed by atoms with Gasteiger partial charge < -0.3 is 24.3 Å². The summed E-state index contributed by atoms with van der Waals surface area (Å²) in [5.74, 6) is -0.385. The molecule has 298 valence electrons. The number of carbonyl (C=O) groups excluding carboxylic acids is 2. The van der Waals surface area contributed by atoms with Crippen LogP contribution in [0, 0.1) is 0 Å². The lowest BCUT2D eigenvalue weighted by molar-refractivity contribution is -0.152. The second-order valence-corrected chi connectivity index (χ2v) is 14.6. The molecule has 0 bridgehead atoms. The summed E-state index contributed by atoms with van der Waals surface area (Å²) >= 11 is 0. The van der Waals surface area contributed by atoms with E-state index in [1.165, 1.54) is 116 Å². The van der Waals surface area contributed by atoms with Crippen molar-refractivity contribution < 1.29 is 28.5 Å². The first-order valence-electron chi connectivity index (χ1n) is 21.9. The molecule has 50 heavy (non-hydrogen) atoms. The fraction of sp³-hybridized carbons (Fsp3) is 0.953. The Hall–Kier alpha value is -1.18. The van der Waals surface area contributed by atoms with Crippen LogP contribution in [0.15, 0.2) is 0 Å². The number of ether oxygens (including phenoxy) is 4. The van der Waals surface area contributed by atoms with Gasteiger partial charge in [0, 0.05) is 26.1 Å². The molecule has 0 saturated carbocycles. The van der Waals surface area contributed by atoms with E-state index in [0.29, 0.717) is 19.4 Å². The number of esters is 2. The molecular weight excluding hydrogens is 626 g/mol. The second kappa shape index (κ2) is 40.6. The summed E-state index contributed by atoms with van der Waals surface area (Å²) in [5.41, 5.74) is 0. The molecule has 7 nitrogen and oxygen atoms in total. The van der Waals surface area contributed by atoms with E-state index in [1.54, 1.807) is 0 Å². The Morgan fingerprint density at radius 1 is 0.460 bits per heavy atom. The quantitative estimate of drug-likeness (QED) is 0.0384. The number of carbonyl (C=O) groups is 2. The number of nitrogens with one attached hydrogen (secondary N) is 1. The zero-order valence-electron chi connectivity index (χ0n) is 33.9. The maximum atomic E-state index is 12.6. The highest BCUT2D eigenvalue weighted by Crippen LogP contribution is 2.16. The first-order valence-corrected chi connectivity index (χ1v) is 21.9. The minimum Gasteiger partial charge on any atom is -0.466 e. The maximum absolute atomic E-state index is 12.6. The van der Waals surface area contributed by atoms with Crippen LogP contribution in [-0.4, -0.2) is 57.2 Å². The van der Waals surface area contributed by atoms with Gasteiger partial charge in [0.15, 0.2) is 6.29 Å². The second-order valence-electron chi connectivity index (χ2n) is 14.6. The first-order chi connectivity index (χ1) is 24.6. The largest absolute Gasteiger partial charge is 0.466 e. The molecule has 0 rings (SSSR count). The molecule has 0 amide bonds. The average molecular weight is 712 g/mol. The SMILES string of the molecule is CCCCCCCCCCCCC(CCOC(=O)CCCCC(OCCCCCCCC)OCCCCCCCC)OC(=O)CNCCCC. The number of hydrogen-bond donors (Lipinski definition) is 1. The lowest BCUT2D eigenvalue weighted by Gasteiger charge is -2.19. The van der Waals surface area contributed by atoms with Gasteiger partial charge in [0.1, 0.15) is 6.10 Å². The van der Waals surface area contributed by atoms with Crippen LogP contribution in [0.3, 0.4) is 0 Å². The fourth-order valence-electron chi connectivity index (χ4n) is 6.21. The van der Waals surface area contributed by atoms with E-state index in [0.717, 1.165) is 84.0 Å². The van der Waals surface area contributed by atoms with Crippen molar-refractivity contribution in [1.29, 1.82) is 0 Å². The summed E-state index contributed by atoms with van der Waals surface area (Å²) in [6.45, 7) is 11.7. The third-order valence-corrected chi connectivity index (χ3v) is 9.53. The van der Waals surface area contributed by atoms with E-state index in [-0.39, 0.29) is 30.9 Å². The Balaban J connectivity index is 4.47. The summed E-state index contributed by atoms with van der Waals surface area (Å²) < 4.78 is 23.7. The first kappa shape index (κ1) is 48.8. The van der Waals surface area contributed by atoms with E-state index in [1.807, 2.05) is 0 Å². The van der Waals surface area contributed by atoms with E-state index >= 15 is 0 Å². The summed E-state index contributed by atoms with van der Waals surface area (Å²) in [4.78, 5) is 25.1. The maximum Gasteiger partial charge on any atom is 0.320 e.